The van der Waals surface area contributed by atoms with E-state index in [-0.39, 0.29) is 23.8 Å². The number of nitrogens with zero attached hydrogens (tertiary/aromatic N) is 4. The molecule has 9 nitrogen and oxygen atoms in total. The summed E-state index contributed by atoms with van der Waals surface area (Å²) in [7, 11) is 8.67. The maximum atomic E-state index is 12.6. The molecule has 0 atom stereocenters. The number of hydrogen-bond donors (Lipinski definition) is 1. The van der Waals surface area contributed by atoms with Crippen molar-refractivity contribution in [3.63, 3.8) is 0 Å². The minimum absolute atomic E-state index is 0.118. The number of amides is 1. The van der Waals surface area contributed by atoms with E-state index < -0.39 is 11.2 Å². The standard InChI is InChI=1S/C20H18BN5O4/c1-11-8-14-18(19(28)25(3)20(29)24(14)2)26(11)10-17(27)22-16-9-15(30-23-16)12-4-6-13(21)7-5-12/h4-9H,10H2,1-3H3,(H,22,23,27). The summed E-state index contributed by atoms with van der Waals surface area (Å²) < 4.78 is 9.26. The molecule has 1 aromatic carbocycles. The van der Waals surface area contributed by atoms with E-state index in [2.05, 4.69) is 10.5 Å². The molecule has 4 aromatic rings. The Kier molecular flexibility index (Phi) is 4.69. The van der Waals surface area contributed by atoms with E-state index in [1.807, 2.05) is 0 Å². The molecule has 0 aliphatic heterocycles. The molecule has 0 aliphatic carbocycles. The minimum atomic E-state index is -0.457. The zero-order valence-electron chi connectivity index (χ0n) is 16.7. The molecule has 1 amide bonds. The van der Waals surface area contributed by atoms with Crippen LogP contribution in [-0.2, 0) is 25.4 Å². The molecule has 10 heteroatoms. The lowest BCUT2D eigenvalue weighted by Crippen LogP contribution is -2.37. The SMILES string of the molecule is [B]c1ccc(-c2cc(NC(=O)Cn3c(C)cc4c3c(=O)n(C)c(=O)n4C)no2)cc1. The van der Waals surface area contributed by atoms with E-state index in [9.17, 15) is 14.4 Å². The summed E-state index contributed by atoms with van der Waals surface area (Å²) in [5, 5.41) is 6.53. The molecule has 0 unspecified atom stereocenters. The van der Waals surface area contributed by atoms with Gasteiger partial charge in [0.25, 0.3) is 5.56 Å². The van der Waals surface area contributed by atoms with Gasteiger partial charge in [-0.1, -0.05) is 34.9 Å². The maximum Gasteiger partial charge on any atom is 0.331 e. The summed E-state index contributed by atoms with van der Waals surface area (Å²) >= 11 is 0. The van der Waals surface area contributed by atoms with Crippen molar-refractivity contribution in [3.8, 4) is 11.3 Å². The van der Waals surface area contributed by atoms with Gasteiger partial charge in [0.05, 0.1) is 5.52 Å². The molecule has 0 fully saturated rings. The lowest BCUT2D eigenvalue weighted by atomic mass is 9.95. The van der Waals surface area contributed by atoms with E-state index in [1.54, 1.807) is 54.9 Å². The highest BCUT2D eigenvalue weighted by Crippen LogP contribution is 2.22. The zero-order valence-corrected chi connectivity index (χ0v) is 16.7. The van der Waals surface area contributed by atoms with E-state index >= 15 is 0 Å². The topological polar surface area (TPSA) is 104 Å². The first-order valence-electron chi connectivity index (χ1n) is 9.14. The van der Waals surface area contributed by atoms with Crippen molar-refractivity contribution in [1.29, 1.82) is 0 Å². The average molecular weight is 403 g/mol. The van der Waals surface area contributed by atoms with Gasteiger partial charge in [-0.15, -0.1) is 0 Å². The van der Waals surface area contributed by atoms with Gasteiger partial charge in [-0.05, 0) is 13.0 Å². The summed E-state index contributed by atoms with van der Waals surface area (Å²) in [5.41, 5.74) is 1.96. The first-order chi connectivity index (χ1) is 14.3. The van der Waals surface area contributed by atoms with E-state index in [1.165, 1.54) is 11.6 Å². The predicted octanol–water partition coefficient (Wildman–Crippen LogP) is 0.435. The van der Waals surface area contributed by atoms with Crippen molar-refractivity contribution in [1.82, 2.24) is 18.9 Å². The van der Waals surface area contributed by atoms with Crippen LogP contribution in [0.15, 0.2) is 50.5 Å². The van der Waals surface area contributed by atoms with Gasteiger partial charge in [-0.3, -0.25) is 18.7 Å². The fourth-order valence-corrected chi connectivity index (χ4v) is 3.36. The number of benzene rings is 1. The summed E-state index contributed by atoms with van der Waals surface area (Å²) in [5.74, 6) is 0.349. The number of hydrogen-bond acceptors (Lipinski definition) is 5. The van der Waals surface area contributed by atoms with Crippen molar-refractivity contribution in [2.24, 2.45) is 14.1 Å². The largest absolute Gasteiger partial charge is 0.354 e. The number of rotatable bonds is 4. The molecule has 1 N–H and O–H groups in total. The van der Waals surface area contributed by atoms with Crippen molar-refractivity contribution in [2.75, 3.05) is 5.32 Å². The highest BCUT2D eigenvalue weighted by Gasteiger charge is 2.18. The second-order valence-corrected chi connectivity index (χ2v) is 7.06. The molecule has 0 bridgehead atoms. The molecule has 3 heterocycles. The van der Waals surface area contributed by atoms with Crippen LogP contribution in [0.4, 0.5) is 5.82 Å². The van der Waals surface area contributed by atoms with Crippen molar-refractivity contribution < 1.29 is 9.32 Å². The van der Waals surface area contributed by atoms with Crippen LogP contribution in [0.5, 0.6) is 0 Å². The van der Waals surface area contributed by atoms with Gasteiger partial charge < -0.3 is 14.4 Å². The lowest BCUT2D eigenvalue weighted by Gasteiger charge is -2.09. The fraction of sp³-hybridized carbons (Fsp3) is 0.200. The van der Waals surface area contributed by atoms with Gasteiger partial charge in [-0.25, -0.2) is 4.79 Å². The summed E-state index contributed by atoms with van der Waals surface area (Å²) in [6.45, 7) is 1.65. The second kappa shape index (κ2) is 7.22. The Hall–Kier alpha value is -3.82. The van der Waals surface area contributed by atoms with Crippen LogP contribution in [0.3, 0.4) is 0 Å². The Balaban J connectivity index is 1.60. The normalized spacial score (nSPS) is 11.2. The van der Waals surface area contributed by atoms with E-state index in [4.69, 9.17) is 12.4 Å². The van der Waals surface area contributed by atoms with E-state index in [0.717, 1.165) is 10.1 Å². The van der Waals surface area contributed by atoms with Crippen molar-refractivity contribution in [2.45, 2.75) is 13.5 Å². The molecule has 0 saturated heterocycles. The van der Waals surface area contributed by atoms with Crippen LogP contribution >= 0.6 is 0 Å². The van der Waals surface area contributed by atoms with Crippen LogP contribution in [0, 0.1) is 6.92 Å². The number of aromatic nitrogens is 4. The first kappa shape index (κ1) is 19.5. The van der Waals surface area contributed by atoms with Gasteiger partial charge in [0.15, 0.2) is 11.6 Å². The molecule has 0 saturated carbocycles. The number of carbonyl (C=O) groups excluding carboxylic acids is 1. The number of fused-ring (bicyclic) bond motifs is 1. The second-order valence-electron chi connectivity index (χ2n) is 7.06. The molecule has 3 aromatic heterocycles. The van der Waals surface area contributed by atoms with Crippen LogP contribution in [-0.4, -0.2) is 32.6 Å². The highest BCUT2D eigenvalue weighted by molar-refractivity contribution is 6.32. The summed E-state index contributed by atoms with van der Waals surface area (Å²) in [6, 6.07) is 10.4. The average Bonchev–Trinajstić information content (AvgIpc) is 3.30. The minimum Gasteiger partial charge on any atom is -0.354 e. The third kappa shape index (κ3) is 3.26. The third-order valence-electron chi connectivity index (χ3n) is 5.00. The molecule has 0 spiro atoms. The van der Waals surface area contributed by atoms with Crippen LogP contribution < -0.4 is 22.0 Å². The lowest BCUT2D eigenvalue weighted by molar-refractivity contribution is -0.116. The number of nitrogens with one attached hydrogen (secondary N) is 1. The fourth-order valence-electron chi connectivity index (χ4n) is 3.36. The van der Waals surface area contributed by atoms with Crippen LogP contribution in [0.2, 0.25) is 0 Å². The molecule has 2 radical (unpaired) electrons. The Bertz CT molecular complexity index is 1390. The van der Waals surface area contributed by atoms with Gasteiger partial charge >= 0.3 is 5.69 Å². The van der Waals surface area contributed by atoms with E-state index in [0.29, 0.717) is 22.4 Å². The molecule has 4 rings (SSSR count). The Morgan fingerprint density at radius 3 is 2.53 bits per heavy atom. The zero-order chi connectivity index (χ0) is 21.6. The molecule has 150 valence electrons. The van der Waals surface area contributed by atoms with Crippen LogP contribution in [0.1, 0.15) is 5.69 Å². The monoisotopic (exact) mass is 403 g/mol. The highest BCUT2D eigenvalue weighted by atomic mass is 16.5. The Morgan fingerprint density at radius 2 is 1.83 bits per heavy atom. The third-order valence-corrected chi connectivity index (χ3v) is 5.00. The van der Waals surface area contributed by atoms with Crippen LogP contribution in [0.25, 0.3) is 22.4 Å². The van der Waals surface area contributed by atoms with Crippen molar-refractivity contribution in [3.05, 3.63) is 62.9 Å². The summed E-state index contributed by atoms with van der Waals surface area (Å²) in [4.78, 5) is 37.4. The maximum absolute atomic E-state index is 12.6. The number of aryl methyl sites for hydroxylation is 2. The smallest absolute Gasteiger partial charge is 0.331 e. The number of anilines is 1. The Morgan fingerprint density at radius 1 is 1.13 bits per heavy atom. The Labute approximate surface area is 171 Å². The molecule has 0 aliphatic rings. The van der Waals surface area contributed by atoms with Gasteiger partial charge in [0, 0.05) is 31.4 Å². The molecular weight excluding hydrogens is 385 g/mol. The number of carbonyl (C=O) groups is 1. The molecular formula is C20H18BN5O4. The summed E-state index contributed by atoms with van der Waals surface area (Å²) in [6.07, 6.45) is 0. The van der Waals surface area contributed by atoms with Gasteiger partial charge in [0.2, 0.25) is 5.91 Å². The van der Waals surface area contributed by atoms with Gasteiger partial charge in [0.1, 0.15) is 19.9 Å². The predicted molar refractivity (Wildman–Crippen MR) is 113 cm³/mol. The first-order valence-corrected chi connectivity index (χ1v) is 9.14. The quantitative estimate of drug-likeness (QED) is 0.498. The van der Waals surface area contributed by atoms with Gasteiger partial charge in [-0.2, -0.15) is 0 Å². The van der Waals surface area contributed by atoms with Crippen molar-refractivity contribution >= 4 is 36.1 Å². The molecule has 30 heavy (non-hydrogen) atoms.